The van der Waals surface area contributed by atoms with Crippen molar-refractivity contribution in [3.63, 3.8) is 0 Å². The maximum atomic E-state index is 13.5. The maximum Gasteiger partial charge on any atom is 0.242 e. The summed E-state index contributed by atoms with van der Waals surface area (Å²) in [6, 6.07) is 23.2. The number of nitrogens with zero attached hydrogens (tertiary/aromatic N) is 2. The molecule has 3 aromatic rings. The molecule has 0 fully saturated rings. The normalized spacial score (nSPS) is 11.7. The van der Waals surface area contributed by atoms with E-state index in [4.69, 9.17) is 9.15 Å². The van der Waals surface area contributed by atoms with Crippen LogP contribution in [0.3, 0.4) is 0 Å². The molecule has 0 saturated heterocycles. The van der Waals surface area contributed by atoms with Gasteiger partial charge < -0.3 is 19.0 Å². The third kappa shape index (κ3) is 7.05. The summed E-state index contributed by atoms with van der Waals surface area (Å²) in [4.78, 5) is 30.3. The van der Waals surface area contributed by atoms with Gasteiger partial charge in [-0.25, -0.2) is 0 Å². The fourth-order valence-electron chi connectivity index (χ4n) is 3.82. The van der Waals surface area contributed by atoms with Gasteiger partial charge in [0.25, 0.3) is 0 Å². The van der Waals surface area contributed by atoms with Gasteiger partial charge in [0, 0.05) is 20.2 Å². The number of benzene rings is 2. The molecule has 6 heteroatoms. The summed E-state index contributed by atoms with van der Waals surface area (Å²) in [6.45, 7) is 3.46. The molecule has 1 heterocycles. The van der Waals surface area contributed by atoms with E-state index >= 15 is 0 Å². The average Bonchev–Trinajstić information content (AvgIpc) is 3.36. The van der Waals surface area contributed by atoms with Crippen molar-refractivity contribution in [3.8, 4) is 0 Å². The molecule has 0 radical (unpaired) electrons. The standard InChI is InChI=1S/C27H32N2O4/c1-3-25(23-13-8-5-9-14-23)27(31)28(16-18-32-2)21-26(30)29(20-24-15-10-17-33-24)19-22-11-6-4-7-12-22/h4-15,17,25H,3,16,18-21H2,1-2H3. The summed E-state index contributed by atoms with van der Waals surface area (Å²) in [7, 11) is 1.59. The van der Waals surface area contributed by atoms with Crippen LogP contribution >= 0.6 is 0 Å². The summed E-state index contributed by atoms with van der Waals surface area (Å²) in [5.74, 6) is 0.197. The Hall–Kier alpha value is -3.38. The molecule has 33 heavy (non-hydrogen) atoms. The molecule has 1 aromatic heterocycles. The first-order valence-electron chi connectivity index (χ1n) is 11.3. The molecule has 1 atom stereocenters. The Morgan fingerprint density at radius 3 is 2.21 bits per heavy atom. The quantitative estimate of drug-likeness (QED) is 0.410. The van der Waals surface area contributed by atoms with Crippen molar-refractivity contribution in [1.82, 2.24) is 9.80 Å². The van der Waals surface area contributed by atoms with Gasteiger partial charge >= 0.3 is 0 Å². The number of rotatable bonds is 12. The third-order valence-corrected chi connectivity index (χ3v) is 5.61. The van der Waals surface area contributed by atoms with E-state index in [1.807, 2.05) is 73.7 Å². The van der Waals surface area contributed by atoms with E-state index in [1.165, 1.54) is 0 Å². The number of furan rings is 1. The second-order valence-electron chi connectivity index (χ2n) is 7.94. The largest absolute Gasteiger partial charge is 0.467 e. The zero-order valence-electron chi connectivity index (χ0n) is 19.4. The Morgan fingerprint density at radius 1 is 0.909 bits per heavy atom. The highest BCUT2D eigenvalue weighted by Crippen LogP contribution is 2.22. The lowest BCUT2D eigenvalue weighted by Crippen LogP contribution is -2.45. The Bertz CT molecular complexity index is 974. The first-order chi connectivity index (χ1) is 16.1. The minimum Gasteiger partial charge on any atom is -0.467 e. The first kappa shape index (κ1) is 24.3. The van der Waals surface area contributed by atoms with Crippen molar-refractivity contribution in [2.75, 3.05) is 26.8 Å². The Kier molecular flexibility index (Phi) is 9.27. The molecule has 0 aliphatic rings. The van der Waals surface area contributed by atoms with Crippen molar-refractivity contribution in [2.45, 2.75) is 32.4 Å². The van der Waals surface area contributed by atoms with Crippen molar-refractivity contribution in [3.05, 3.63) is 95.9 Å². The van der Waals surface area contributed by atoms with Gasteiger partial charge in [0.2, 0.25) is 11.8 Å². The highest BCUT2D eigenvalue weighted by Gasteiger charge is 2.27. The number of amides is 2. The van der Waals surface area contributed by atoms with Crippen LogP contribution in [-0.4, -0.2) is 48.4 Å². The lowest BCUT2D eigenvalue weighted by Gasteiger charge is -2.30. The smallest absolute Gasteiger partial charge is 0.242 e. The van der Waals surface area contributed by atoms with Gasteiger partial charge in [-0.1, -0.05) is 67.6 Å². The first-order valence-corrected chi connectivity index (χ1v) is 11.3. The van der Waals surface area contributed by atoms with E-state index in [1.54, 1.807) is 29.2 Å². The number of methoxy groups -OCH3 is 1. The molecule has 0 spiro atoms. The molecule has 2 aromatic carbocycles. The molecular weight excluding hydrogens is 416 g/mol. The van der Waals surface area contributed by atoms with E-state index < -0.39 is 0 Å². The van der Waals surface area contributed by atoms with Crippen molar-refractivity contribution in [2.24, 2.45) is 0 Å². The maximum absolute atomic E-state index is 13.5. The van der Waals surface area contributed by atoms with Gasteiger partial charge in [-0.2, -0.15) is 0 Å². The van der Waals surface area contributed by atoms with Crippen LogP contribution in [0.2, 0.25) is 0 Å². The number of carbonyl (C=O) groups excluding carboxylic acids is 2. The lowest BCUT2D eigenvalue weighted by atomic mass is 9.95. The number of hydrogen-bond donors (Lipinski definition) is 0. The fourth-order valence-corrected chi connectivity index (χ4v) is 3.82. The van der Waals surface area contributed by atoms with Crippen LogP contribution in [-0.2, 0) is 27.4 Å². The average molecular weight is 449 g/mol. The molecule has 6 nitrogen and oxygen atoms in total. The summed E-state index contributed by atoms with van der Waals surface area (Å²) in [6.07, 6.45) is 2.25. The Labute approximate surface area is 195 Å². The zero-order chi connectivity index (χ0) is 23.5. The van der Waals surface area contributed by atoms with Crippen LogP contribution in [0.5, 0.6) is 0 Å². The second-order valence-corrected chi connectivity index (χ2v) is 7.94. The van der Waals surface area contributed by atoms with Crippen LogP contribution in [0.15, 0.2) is 83.5 Å². The number of hydrogen-bond acceptors (Lipinski definition) is 4. The monoisotopic (exact) mass is 448 g/mol. The zero-order valence-corrected chi connectivity index (χ0v) is 19.4. The molecule has 0 saturated carbocycles. The van der Waals surface area contributed by atoms with Gasteiger partial charge in [0.1, 0.15) is 5.76 Å². The predicted octanol–water partition coefficient (Wildman–Crippen LogP) is 4.48. The minimum atomic E-state index is -0.302. The van der Waals surface area contributed by atoms with Gasteiger partial charge in [-0.3, -0.25) is 9.59 Å². The molecule has 3 rings (SSSR count). The van der Waals surface area contributed by atoms with Crippen LogP contribution in [0, 0.1) is 0 Å². The molecule has 1 unspecified atom stereocenters. The van der Waals surface area contributed by atoms with Gasteiger partial charge in [-0.15, -0.1) is 0 Å². The van der Waals surface area contributed by atoms with Gasteiger partial charge in [-0.05, 0) is 29.7 Å². The Morgan fingerprint density at radius 2 is 1.61 bits per heavy atom. The minimum absolute atomic E-state index is 0.0148. The molecule has 0 bridgehead atoms. The van der Waals surface area contributed by atoms with Gasteiger partial charge in [0.15, 0.2) is 0 Å². The number of ether oxygens (including phenoxy) is 1. The number of carbonyl (C=O) groups is 2. The molecular formula is C27H32N2O4. The molecule has 0 aliphatic heterocycles. The van der Waals surface area contributed by atoms with E-state index in [2.05, 4.69) is 0 Å². The molecule has 2 amide bonds. The van der Waals surface area contributed by atoms with Crippen LogP contribution in [0.1, 0.15) is 36.1 Å². The van der Waals surface area contributed by atoms with Crippen LogP contribution < -0.4 is 0 Å². The second kappa shape index (κ2) is 12.6. The van der Waals surface area contributed by atoms with E-state index in [-0.39, 0.29) is 24.3 Å². The molecule has 174 valence electrons. The third-order valence-electron chi connectivity index (χ3n) is 5.61. The van der Waals surface area contributed by atoms with E-state index in [0.717, 1.165) is 11.1 Å². The van der Waals surface area contributed by atoms with Crippen LogP contribution in [0.25, 0.3) is 0 Å². The summed E-state index contributed by atoms with van der Waals surface area (Å²) in [5.41, 5.74) is 1.97. The highest BCUT2D eigenvalue weighted by molar-refractivity contribution is 5.88. The lowest BCUT2D eigenvalue weighted by molar-refractivity contribution is -0.142. The predicted molar refractivity (Wildman–Crippen MR) is 127 cm³/mol. The summed E-state index contributed by atoms with van der Waals surface area (Å²) in [5, 5.41) is 0. The van der Waals surface area contributed by atoms with Crippen molar-refractivity contribution >= 4 is 11.8 Å². The summed E-state index contributed by atoms with van der Waals surface area (Å²) >= 11 is 0. The Balaban J connectivity index is 1.79. The topological polar surface area (TPSA) is 63.0 Å². The molecule has 0 N–H and O–H groups in total. The highest BCUT2D eigenvalue weighted by atomic mass is 16.5. The van der Waals surface area contributed by atoms with Crippen LogP contribution in [0.4, 0.5) is 0 Å². The van der Waals surface area contributed by atoms with Crippen molar-refractivity contribution in [1.29, 1.82) is 0 Å². The molecule has 0 aliphatic carbocycles. The fraction of sp³-hybridized carbons (Fsp3) is 0.333. The van der Waals surface area contributed by atoms with Crippen molar-refractivity contribution < 1.29 is 18.7 Å². The van der Waals surface area contributed by atoms with E-state index in [9.17, 15) is 9.59 Å². The van der Waals surface area contributed by atoms with Gasteiger partial charge in [0.05, 0.1) is 31.9 Å². The summed E-state index contributed by atoms with van der Waals surface area (Å²) < 4.78 is 10.7. The SMILES string of the molecule is CCC(C(=O)N(CCOC)CC(=O)N(Cc1ccccc1)Cc1ccco1)c1ccccc1. The van der Waals surface area contributed by atoms with E-state index in [0.29, 0.717) is 38.4 Å².